The van der Waals surface area contributed by atoms with Gasteiger partial charge < -0.3 is 10.4 Å². The molecule has 0 aliphatic heterocycles. The van der Waals surface area contributed by atoms with E-state index in [2.05, 4.69) is 5.32 Å². The Hall–Kier alpha value is -2.17. The van der Waals surface area contributed by atoms with Crippen molar-refractivity contribution in [3.63, 3.8) is 0 Å². The molecule has 1 aliphatic carbocycles. The van der Waals surface area contributed by atoms with Gasteiger partial charge in [0, 0.05) is 6.42 Å². The third-order valence-electron chi connectivity index (χ3n) is 3.38. The van der Waals surface area contributed by atoms with Gasteiger partial charge in [-0.05, 0) is 30.0 Å². The van der Waals surface area contributed by atoms with Crippen molar-refractivity contribution in [1.29, 1.82) is 0 Å². The standard InChI is InChI=1S/C16H18FNO3/c17-13-8-6-11(7-9-13)2-1-3-15(19)18-14(16(20)21)10-12-4-5-12/h1-2,6-9,12,14H,3-5,10H2,(H,18,19)(H,20,21)/b2-1+. The van der Waals surface area contributed by atoms with Crippen molar-refractivity contribution in [2.75, 3.05) is 0 Å². The predicted octanol–water partition coefficient (Wildman–Crippen LogP) is 2.60. The van der Waals surface area contributed by atoms with Crippen molar-refractivity contribution in [3.8, 4) is 0 Å². The third kappa shape index (κ3) is 5.38. The second-order valence-corrected chi connectivity index (χ2v) is 5.30. The number of amides is 1. The van der Waals surface area contributed by atoms with Gasteiger partial charge in [0.1, 0.15) is 11.9 Å². The number of hydrogen-bond donors (Lipinski definition) is 2. The Morgan fingerprint density at radius 1 is 1.33 bits per heavy atom. The third-order valence-corrected chi connectivity index (χ3v) is 3.38. The lowest BCUT2D eigenvalue weighted by Gasteiger charge is -2.13. The molecule has 4 nitrogen and oxygen atoms in total. The van der Waals surface area contributed by atoms with Crippen molar-refractivity contribution < 1.29 is 19.1 Å². The number of hydrogen-bond acceptors (Lipinski definition) is 2. The molecule has 0 radical (unpaired) electrons. The van der Waals surface area contributed by atoms with Crippen LogP contribution in [0.5, 0.6) is 0 Å². The highest BCUT2D eigenvalue weighted by Gasteiger charge is 2.29. The van der Waals surface area contributed by atoms with Gasteiger partial charge in [-0.15, -0.1) is 0 Å². The van der Waals surface area contributed by atoms with Gasteiger partial charge in [-0.2, -0.15) is 0 Å². The van der Waals surface area contributed by atoms with E-state index in [9.17, 15) is 14.0 Å². The van der Waals surface area contributed by atoms with Gasteiger partial charge in [0.15, 0.2) is 0 Å². The Bertz CT molecular complexity index is 535. The average Bonchev–Trinajstić information content (AvgIpc) is 3.24. The summed E-state index contributed by atoms with van der Waals surface area (Å²) < 4.78 is 12.7. The minimum absolute atomic E-state index is 0.103. The first-order valence-electron chi connectivity index (χ1n) is 6.99. The van der Waals surface area contributed by atoms with Crippen LogP contribution in [0, 0.1) is 11.7 Å². The van der Waals surface area contributed by atoms with Gasteiger partial charge >= 0.3 is 5.97 Å². The first-order chi connectivity index (χ1) is 10.0. The molecule has 1 unspecified atom stereocenters. The summed E-state index contributed by atoms with van der Waals surface area (Å²) in [4.78, 5) is 22.8. The lowest BCUT2D eigenvalue weighted by Crippen LogP contribution is -2.40. The van der Waals surface area contributed by atoms with E-state index in [1.807, 2.05) is 0 Å². The van der Waals surface area contributed by atoms with Crippen LogP contribution in [0.4, 0.5) is 4.39 Å². The molecule has 1 aromatic rings. The van der Waals surface area contributed by atoms with Crippen LogP contribution in [0.1, 0.15) is 31.2 Å². The van der Waals surface area contributed by atoms with E-state index in [-0.39, 0.29) is 18.1 Å². The Balaban J connectivity index is 1.80. The summed E-state index contributed by atoms with van der Waals surface area (Å²) in [6.07, 6.45) is 6.04. The van der Waals surface area contributed by atoms with Crippen molar-refractivity contribution in [3.05, 3.63) is 41.7 Å². The van der Waals surface area contributed by atoms with Gasteiger partial charge in [0.25, 0.3) is 0 Å². The van der Waals surface area contributed by atoms with Gasteiger partial charge in [-0.1, -0.05) is 37.1 Å². The Morgan fingerprint density at radius 3 is 2.57 bits per heavy atom. The number of aliphatic carboxylic acids is 1. The fourth-order valence-corrected chi connectivity index (χ4v) is 2.04. The zero-order valence-corrected chi connectivity index (χ0v) is 11.6. The Morgan fingerprint density at radius 2 is 2.00 bits per heavy atom. The first kappa shape index (κ1) is 15.2. The van der Waals surface area contributed by atoms with Crippen LogP contribution in [-0.4, -0.2) is 23.0 Å². The molecule has 21 heavy (non-hydrogen) atoms. The number of carboxylic acids is 1. The topological polar surface area (TPSA) is 66.4 Å². The van der Waals surface area contributed by atoms with E-state index >= 15 is 0 Å². The molecule has 1 aliphatic rings. The number of carbonyl (C=O) groups excluding carboxylic acids is 1. The average molecular weight is 291 g/mol. The Kier molecular flexibility index (Phi) is 5.09. The molecule has 1 saturated carbocycles. The molecule has 112 valence electrons. The van der Waals surface area contributed by atoms with E-state index in [4.69, 9.17) is 5.11 Å². The molecule has 1 fully saturated rings. The Labute approximate surface area is 122 Å². The maximum atomic E-state index is 12.7. The number of benzene rings is 1. The zero-order valence-electron chi connectivity index (χ0n) is 11.6. The normalized spacial score (nSPS) is 15.9. The molecule has 0 saturated heterocycles. The molecule has 2 rings (SSSR count). The highest BCUT2D eigenvalue weighted by Crippen LogP contribution is 2.33. The van der Waals surface area contributed by atoms with Crippen LogP contribution in [0.15, 0.2) is 30.3 Å². The van der Waals surface area contributed by atoms with Crippen molar-refractivity contribution in [1.82, 2.24) is 5.32 Å². The second-order valence-electron chi connectivity index (χ2n) is 5.30. The minimum Gasteiger partial charge on any atom is -0.480 e. The van der Waals surface area contributed by atoms with E-state index < -0.39 is 12.0 Å². The predicted molar refractivity (Wildman–Crippen MR) is 77.0 cm³/mol. The summed E-state index contributed by atoms with van der Waals surface area (Å²) in [7, 11) is 0. The second kappa shape index (κ2) is 7.02. The van der Waals surface area contributed by atoms with Gasteiger partial charge in [-0.3, -0.25) is 4.79 Å². The lowest BCUT2D eigenvalue weighted by atomic mass is 10.1. The monoisotopic (exact) mass is 291 g/mol. The van der Waals surface area contributed by atoms with E-state index in [1.54, 1.807) is 24.3 Å². The number of carbonyl (C=O) groups is 2. The van der Waals surface area contributed by atoms with Crippen LogP contribution in [0.3, 0.4) is 0 Å². The zero-order chi connectivity index (χ0) is 15.2. The molecule has 1 aromatic carbocycles. The van der Waals surface area contributed by atoms with Gasteiger partial charge in [0.05, 0.1) is 0 Å². The summed E-state index contributed by atoms with van der Waals surface area (Å²) in [5.74, 6) is -1.19. The molecule has 2 N–H and O–H groups in total. The molecule has 5 heteroatoms. The van der Waals surface area contributed by atoms with E-state index in [1.165, 1.54) is 12.1 Å². The van der Waals surface area contributed by atoms with Crippen LogP contribution < -0.4 is 5.32 Å². The maximum Gasteiger partial charge on any atom is 0.326 e. The van der Waals surface area contributed by atoms with Gasteiger partial charge in [0.2, 0.25) is 5.91 Å². The molecule has 0 heterocycles. The lowest BCUT2D eigenvalue weighted by molar-refractivity contribution is -0.142. The van der Waals surface area contributed by atoms with Crippen molar-refractivity contribution in [2.45, 2.75) is 31.7 Å². The van der Waals surface area contributed by atoms with Gasteiger partial charge in [-0.25, -0.2) is 9.18 Å². The van der Waals surface area contributed by atoms with Crippen LogP contribution >= 0.6 is 0 Å². The van der Waals surface area contributed by atoms with Crippen molar-refractivity contribution >= 4 is 18.0 Å². The fraction of sp³-hybridized carbons (Fsp3) is 0.375. The molecule has 1 atom stereocenters. The highest BCUT2D eigenvalue weighted by molar-refractivity contribution is 5.84. The first-order valence-corrected chi connectivity index (χ1v) is 6.99. The molecular formula is C16H18FNO3. The SMILES string of the molecule is O=C(C/C=C/c1ccc(F)cc1)NC(CC1CC1)C(=O)O. The van der Waals surface area contributed by atoms with E-state index in [0.717, 1.165) is 18.4 Å². The molecule has 0 aromatic heterocycles. The van der Waals surface area contributed by atoms with Crippen molar-refractivity contribution in [2.24, 2.45) is 5.92 Å². The summed E-state index contributed by atoms with van der Waals surface area (Å²) >= 11 is 0. The summed E-state index contributed by atoms with van der Waals surface area (Å²) in [6.45, 7) is 0. The van der Waals surface area contributed by atoms with E-state index in [0.29, 0.717) is 12.3 Å². The molecule has 0 bridgehead atoms. The van der Waals surface area contributed by atoms with Crippen LogP contribution in [-0.2, 0) is 9.59 Å². The number of carboxylic acid groups (broad SMARTS) is 1. The number of rotatable bonds is 7. The van der Waals surface area contributed by atoms with Crippen LogP contribution in [0.2, 0.25) is 0 Å². The quantitative estimate of drug-likeness (QED) is 0.811. The summed E-state index contributed by atoms with van der Waals surface area (Å²) in [5, 5.41) is 11.6. The summed E-state index contributed by atoms with van der Waals surface area (Å²) in [6, 6.07) is 5.10. The molecular weight excluding hydrogens is 273 g/mol. The highest BCUT2D eigenvalue weighted by atomic mass is 19.1. The minimum atomic E-state index is -0.988. The number of halogens is 1. The van der Waals surface area contributed by atoms with Crippen LogP contribution in [0.25, 0.3) is 6.08 Å². The smallest absolute Gasteiger partial charge is 0.326 e. The fourth-order valence-electron chi connectivity index (χ4n) is 2.04. The summed E-state index contributed by atoms with van der Waals surface area (Å²) in [5.41, 5.74) is 0.789. The number of nitrogens with one attached hydrogen (secondary N) is 1. The molecule has 1 amide bonds. The maximum absolute atomic E-state index is 12.7. The molecule has 0 spiro atoms. The largest absolute Gasteiger partial charge is 0.480 e.